The molecule has 0 N–H and O–H groups in total. The van der Waals surface area contributed by atoms with Crippen molar-refractivity contribution in [1.82, 2.24) is 4.90 Å². The van der Waals surface area contributed by atoms with Gasteiger partial charge in [-0.25, -0.2) is 0 Å². The number of hydrogen-bond acceptors (Lipinski definition) is 1. The molecule has 0 aromatic carbocycles. The van der Waals surface area contributed by atoms with E-state index in [1.54, 1.807) is 0 Å². The Kier molecular flexibility index (Phi) is 8.43. The van der Waals surface area contributed by atoms with Crippen LogP contribution < -0.4 is 0 Å². The van der Waals surface area contributed by atoms with Crippen LogP contribution in [-0.4, -0.2) is 17.0 Å². The average Bonchev–Trinajstić information content (AvgIpc) is 1.64. The van der Waals surface area contributed by atoms with Gasteiger partial charge in [0.25, 0.3) is 0 Å². The number of nitrogens with zero attached hydrogens (tertiary/aromatic N) is 1. The van der Waals surface area contributed by atoms with Crippen LogP contribution in [0.15, 0.2) is 0 Å². The summed E-state index contributed by atoms with van der Waals surface area (Å²) < 4.78 is 0. The van der Waals surface area contributed by atoms with Crippen molar-refractivity contribution >= 4 is 0 Å². The molecule has 1 nitrogen and oxygen atoms in total. The minimum absolute atomic E-state index is 0. The molecule has 0 aromatic rings. The summed E-state index contributed by atoms with van der Waals surface area (Å²) in [4.78, 5) is 2.33. The molecule has 0 spiro atoms. The van der Waals surface area contributed by atoms with Crippen LogP contribution in [0.25, 0.3) is 0 Å². The molecule has 0 aliphatic carbocycles. The average molecular weight is 312 g/mol. The van der Waals surface area contributed by atoms with Crippen LogP contribution in [0.1, 0.15) is 34.6 Å². The molecular formula is C8H18NW-. The topological polar surface area (TPSA) is 3.24 Å². The van der Waals surface area contributed by atoms with Crippen molar-refractivity contribution in [2.24, 2.45) is 0 Å². The Hall–Kier alpha value is 0.648. The van der Waals surface area contributed by atoms with Gasteiger partial charge in [-0.2, -0.15) is 6.92 Å². The van der Waals surface area contributed by atoms with Crippen LogP contribution in [0.2, 0.25) is 0 Å². The number of rotatable bonds is 3. The van der Waals surface area contributed by atoms with Gasteiger partial charge in [0.05, 0.1) is 0 Å². The van der Waals surface area contributed by atoms with E-state index in [9.17, 15) is 0 Å². The first-order valence-electron chi connectivity index (χ1n) is 3.66. The fourth-order valence-corrected chi connectivity index (χ4v) is 1.19. The second kappa shape index (κ2) is 6.36. The van der Waals surface area contributed by atoms with E-state index >= 15 is 0 Å². The van der Waals surface area contributed by atoms with E-state index in [0.717, 1.165) is 0 Å². The molecule has 62 valence electrons. The van der Waals surface area contributed by atoms with Crippen LogP contribution in [0, 0.1) is 6.54 Å². The third kappa shape index (κ3) is 4.46. The summed E-state index contributed by atoms with van der Waals surface area (Å²) >= 11 is 0. The normalized spacial score (nSPS) is 10.8. The van der Waals surface area contributed by atoms with Crippen LogP contribution in [0.4, 0.5) is 0 Å². The van der Waals surface area contributed by atoms with E-state index in [4.69, 9.17) is 0 Å². The molecule has 0 heterocycles. The molecule has 0 aliphatic heterocycles. The largest absolute Gasteiger partial charge is 0.452 e. The Morgan fingerprint density at radius 3 is 1.30 bits per heavy atom. The molecule has 0 fully saturated rings. The zero-order valence-corrected chi connectivity index (χ0v) is 10.5. The Balaban J connectivity index is 0. The van der Waals surface area contributed by atoms with Gasteiger partial charge in [-0.05, 0) is 12.1 Å². The van der Waals surface area contributed by atoms with Gasteiger partial charge >= 0.3 is 0 Å². The summed E-state index contributed by atoms with van der Waals surface area (Å²) in [5, 5.41) is 0. The summed E-state index contributed by atoms with van der Waals surface area (Å²) in [7, 11) is 0. The first-order valence-corrected chi connectivity index (χ1v) is 3.66. The van der Waals surface area contributed by atoms with Crippen LogP contribution >= 0.6 is 0 Å². The summed E-state index contributed by atoms with van der Waals surface area (Å²) in [5.74, 6) is 0. The van der Waals surface area contributed by atoms with Crippen molar-refractivity contribution in [3.8, 4) is 0 Å². The SMILES string of the molecule is C[CH-]N(C(C)C)C(C)C.[W]. The Morgan fingerprint density at radius 2 is 1.30 bits per heavy atom. The molecule has 0 atom stereocenters. The minimum atomic E-state index is 0. The second-order valence-corrected chi connectivity index (χ2v) is 2.89. The summed E-state index contributed by atoms with van der Waals surface area (Å²) in [5.41, 5.74) is 0. The van der Waals surface area contributed by atoms with Crippen molar-refractivity contribution in [1.29, 1.82) is 0 Å². The first kappa shape index (κ1) is 13.3. The van der Waals surface area contributed by atoms with Crippen LogP contribution in [0.5, 0.6) is 0 Å². The first-order chi connectivity index (χ1) is 4.09. The molecule has 0 unspecified atom stereocenters. The molecule has 0 bridgehead atoms. The monoisotopic (exact) mass is 312 g/mol. The van der Waals surface area contributed by atoms with Gasteiger partial charge < -0.3 is 4.90 Å². The summed E-state index contributed by atoms with van der Waals surface area (Å²) in [6, 6.07) is 1.27. The van der Waals surface area contributed by atoms with Crippen LogP contribution in [0.3, 0.4) is 0 Å². The van der Waals surface area contributed by atoms with Crippen molar-refractivity contribution < 1.29 is 21.1 Å². The van der Waals surface area contributed by atoms with Gasteiger partial charge in [0.1, 0.15) is 0 Å². The van der Waals surface area contributed by atoms with Gasteiger partial charge in [-0.1, -0.05) is 27.7 Å². The predicted octanol–water partition coefficient (Wildman–Crippen LogP) is 2.28. The van der Waals surface area contributed by atoms with Crippen molar-refractivity contribution in [2.75, 3.05) is 0 Å². The maximum absolute atomic E-state index is 2.33. The summed E-state index contributed by atoms with van der Waals surface area (Å²) in [6.07, 6.45) is 0. The molecule has 0 saturated carbocycles. The molecule has 0 rings (SSSR count). The molecule has 2 heteroatoms. The van der Waals surface area contributed by atoms with E-state index in [2.05, 4.69) is 46.1 Å². The minimum Gasteiger partial charge on any atom is -0.452 e. The van der Waals surface area contributed by atoms with Gasteiger partial charge in [0.2, 0.25) is 0 Å². The maximum Gasteiger partial charge on any atom is 0 e. The zero-order valence-electron chi connectivity index (χ0n) is 7.59. The van der Waals surface area contributed by atoms with Crippen LogP contribution in [-0.2, 0) is 21.1 Å². The molecule has 10 heavy (non-hydrogen) atoms. The zero-order chi connectivity index (χ0) is 7.44. The Bertz CT molecular complexity index is 63.7. The molecule has 0 aliphatic rings. The molecule has 0 aromatic heterocycles. The molecule has 0 amide bonds. The van der Waals surface area contributed by atoms with E-state index < -0.39 is 0 Å². The molecule has 0 radical (unpaired) electrons. The van der Waals surface area contributed by atoms with E-state index in [-0.39, 0.29) is 21.1 Å². The Labute approximate surface area is 79.4 Å². The van der Waals surface area contributed by atoms with Gasteiger partial charge in [0.15, 0.2) is 0 Å². The quantitative estimate of drug-likeness (QED) is 0.723. The second-order valence-electron chi connectivity index (χ2n) is 2.89. The fraction of sp³-hybridized carbons (Fsp3) is 0.875. The number of hydrogen-bond donors (Lipinski definition) is 0. The summed E-state index contributed by atoms with van der Waals surface area (Å²) in [6.45, 7) is 13.1. The third-order valence-electron chi connectivity index (χ3n) is 1.49. The van der Waals surface area contributed by atoms with E-state index in [0.29, 0.717) is 12.1 Å². The van der Waals surface area contributed by atoms with Crippen molar-refractivity contribution in [3.05, 3.63) is 6.54 Å². The van der Waals surface area contributed by atoms with Crippen molar-refractivity contribution in [2.45, 2.75) is 46.7 Å². The van der Waals surface area contributed by atoms with E-state index in [1.807, 2.05) is 0 Å². The molecular weight excluding hydrogens is 294 g/mol. The third-order valence-corrected chi connectivity index (χ3v) is 1.49. The molecule has 0 saturated heterocycles. The standard InChI is InChI=1S/C8H18N.W/c1-6-9(7(2)3)8(4)5;/h6-8H,1-5H3;/q-1;. The van der Waals surface area contributed by atoms with Crippen molar-refractivity contribution in [3.63, 3.8) is 0 Å². The van der Waals surface area contributed by atoms with Gasteiger partial charge in [-0.15, -0.1) is 0 Å². The predicted molar refractivity (Wildman–Crippen MR) is 42.1 cm³/mol. The fourth-order valence-electron chi connectivity index (χ4n) is 1.19. The Morgan fingerprint density at radius 1 is 1.00 bits per heavy atom. The van der Waals surface area contributed by atoms with E-state index in [1.165, 1.54) is 0 Å². The maximum atomic E-state index is 2.33. The van der Waals surface area contributed by atoms with Gasteiger partial charge in [-0.3, -0.25) is 6.54 Å². The smallest absolute Gasteiger partial charge is 0 e. The van der Waals surface area contributed by atoms with Gasteiger partial charge in [0, 0.05) is 21.1 Å².